The number of anilines is 2. The van der Waals surface area contributed by atoms with Crippen molar-refractivity contribution in [2.45, 2.75) is 32.6 Å². The molecule has 0 spiro atoms. The smallest absolute Gasteiger partial charge is 0.259 e. The van der Waals surface area contributed by atoms with Crippen molar-refractivity contribution in [1.82, 2.24) is 0 Å². The molecule has 5 nitrogen and oxygen atoms in total. The van der Waals surface area contributed by atoms with Crippen LogP contribution in [0.2, 0.25) is 0 Å². The maximum absolute atomic E-state index is 12.8. The molecule has 2 amide bonds. The van der Waals surface area contributed by atoms with Gasteiger partial charge in [-0.05, 0) is 62.1 Å². The summed E-state index contributed by atoms with van der Waals surface area (Å²) in [4.78, 5) is 27.1. The van der Waals surface area contributed by atoms with Gasteiger partial charge in [0.1, 0.15) is 5.75 Å². The van der Waals surface area contributed by atoms with Crippen LogP contribution in [0, 0.1) is 0 Å². The van der Waals surface area contributed by atoms with Crippen LogP contribution in [-0.2, 0) is 11.2 Å². The van der Waals surface area contributed by atoms with Crippen LogP contribution >= 0.6 is 0 Å². The molecule has 2 aromatic rings. The zero-order chi connectivity index (χ0) is 18.3. The number of nitrogens with zero attached hydrogens (tertiary/aromatic N) is 1. The fourth-order valence-electron chi connectivity index (χ4n) is 3.90. The van der Waals surface area contributed by atoms with E-state index < -0.39 is 0 Å². The van der Waals surface area contributed by atoms with Crippen molar-refractivity contribution in [3.63, 3.8) is 0 Å². The quantitative estimate of drug-likeness (QED) is 0.914. The molecule has 1 atom stereocenters. The topological polar surface area (TPSA) is 58.6 Å². The maximum atomic E-state index is 12.8. The Morgan fingerprint density at radius 1 is 1.31 bits per heavy atom. The third kappa shape index (κ3) is 2.64. The Bertz CT molecular complexity index is 891. The molecular weight excluding hydrogens is 328 g/mol. The lowest BCUT2D eigenvalue weighted by molar-refractivity contribution is -0.119. The Hall–Kier alpha value is -2.82. The first kappa shape index (κ1) is 16.6. The average molecular weight is 350 g/mol. The first-order valence-corrected chi connectivity index (χ1v) is 9.11. The first-order chi connectivity index (χ1) is 12.6. The van der Waals surface area contributed by atoms with Crippen molar-refractivity contribution in [2.75, 3.05) is 23.4 Å². The number of para-hydroxylation sites is 1. The summed E-state index contributed by atoms with van der Waals surface area (Å²) in [6, 6.07) is 11.2. The molecule has 0 bridgehead atoms. The van der Waals surface area contributed by atoms with Crippen LogP contribution in [0.1, 0.15) is 47.7 Å². The number of amides is 2. The lowest BCUT2D eigenvalue weighted by atomic mass is 9.96. The predicted octanol–water partition coefficient (Wildman–Crippen LogP) is 3.73. The normalized spacial score (nSPS) is 17.8. The molecule has 2 heterocycles. The average Bonchev–Trinajstić information content (AvgIpc) is 2.89. The molecule has 1 N–H and O–H groups in total. The minimum absolute atomic E-state index is 0.158. The minimum atomic E-state index is -0.203. The van der Waals surface area contributed by atoms with Crippen molar-refractivity contribution in [1.29, 1.82) is 0 Å². The molecule has 0 saturated carbocycles. The van der Waals surface area contributed by atoms with Crippen LogP contribution in [0.4, 0.5) is 11.4 Å². The maximum Gasteiger partial charge on any atom is 0.259 e. The second-order valence-electron chi connectivity index (χ2n) is 6.77. The molecule has 0 fully saturated rings. The Morgan fingerprint density at radius 2 is 2.12 bits per heavy atom. The number of benzene rings is 2. The van der Waals surface area contributed by atoms with Crippen LogP contribution in [0.25, 0.3) is 0 Å². The lowest BCUT2D eigenvalue weighted by Crippen LogP contribution is -2.32. The number of nitrogens with one attached hydrogen (secondary N) is 1. The third-order valence-corrected chi connectivity index (χ3v) is 5.11. The fourth-order valence-corrected chi connectivity index (χ4v) is 3.90. The molecule has 0 aliphatic carbocycles. The summed E-state index contributed by atoms with van der Waals surface area (Å²) >= 11 is 0. The lowest BCUT2D eigenvalue weighted by Gasteiger charge is -2.26. The monoisotopic (exact) mass is 350 g/mol. The van der Waals surface area contributed by atoms with Gasteiger partial charge < -0.3 is 15.0 Å². The van der Waals surface area contributed by atoms with Crippen molar-refractivity contribution in [2.24, 2.45) is 0 Å². The minimum Gasteiger partial charge on any atom is -0.493 e. The van der Waals surface area contributed by atoms with Gasteiger partial charge >= 0.3 is 0 Å². The molecule has 26 heavy (non-hydrogen) atoms. The van der Waals surface area contributed by atoms with Crippen molar-refractivity contribution < 1.29 is 14.3 Å². The van der Waals surface area contributed by atoms with Crippen molar-refractivity contribution in [3.05, 3.63) is 53.1 Å². The molecular formula is C21H22N2O3. The zero-order valence-corrected chi connectivity index (χ0v) is 15.0. The summed E-state index contributed by atoms with van der Waals surface area (Å²) in [6.07, 6.45) is 1.88. The van der Waals surface area contributed by atoms with Crippen molar-refractivity contribution in [3.8, 4) is 5.75 Å². The van der Waals surface area contributed by atoms with E-state index in [0.717, 1.165) is 41.9 Å². The van der Waals surface area contributed by atoms with Gasteiger partial charge in [-0.3, -0.25) is 9.59 Å². The number of hydrogen-bond acceptors (Lipinski definition) is 3. The highest BCUT2D eigenvalue weighted by atomic mass is 16.5. The molecule has 5 heteroatoms. The van der Waals surface area contributed by atoms with Gasteiger partial charge in [-0.25, -0.2) is 0 Å². The van der Waals surface area contributed by atoms with Gasteiger partial charge in [-0.2, -0.15) is 0 Å². The van der Waals surface area contributed by atoms with E-state index >= 15 is 0 Å². The van der Waals surface area contributed by atoms with E-state index in [9.17, 15) is 9.59 Å². The van der Waals surface area contributed by atoms with Gasteiger partial charge in [-0.1, -0.05) is 12.1 Å². The standard InChI is InChI=1S/C21H22N2O3/c1-3-26-18-9-5-4-8-16(18)20(24)22-15-11-14-7-6-10-23-19(14)17(12-15)13(2)21(23)25/h4-5,8-9,11-13H,3,6-7,10H2,1-2H3,(H,22,24). The fraction of sp³-hybridized carbons (Fsp3) is 0.333. The number of ether oxygens (including phenoxy) is 1. The predicted molar refractivity (Wildman–Crippen MR) is 101 cm³/mol. The second-order valence-corrected chi connectivity index (χ2v) is 6.77. The van der Waals surface area contributed by atoms with Crippen molar-refractivity contribution >= 4 is 23.2 Å². The van der Waals surface area contributed by atoms with E-state index in [1.165, 1.54) is 0 Å². The Balaban J connectivity index is 1.67. The van der Waals surface area contributed by atoms with Gasteiger partial charge in [-0.15, -0.1) is 0 Å². The molecule has 134 valence electrons. The number of rotatable bonds is 4. The summed E-state index contributed by atoms with van der Waals surface area (Å²) in [5, 5.41) is 2.99. The van der Waals surface area contributed by atoms with Crippen LogP contribution in [-0.4, -0.2) is 25.0 Å². The highest BCUT2D eigenvalue weighted by Crippen LogP contribution is 2.44. The number of carbonyl (C=O) groups excluding carboxylic acids is 2. The van der Waals surface area contributed by atoms with E-state index in [4.69, 9.17) is 4.74 Å². The molecule has 0 aromatic heterocycles. The summed E-state index contributed by atoms with van der Waals surface area (Å²) in [6.45, 7) is 5.12. The number of aryl methyl sites for hydroxylation is 1. The molecule has 2 aliphatic heterocycles. The van der Waals surface area contributed by atoms with E-state index in [1.807, 2.05) is 43.0 Å². The van der Waals surface area contributed by atoms with Crippen LogP contribution < -0.4 is 15.0 Å². The largest absolute Gasteiger partial charge is 0.493 e. The number of carbonyl (C=O) groups is 2. The Morgan fingerprint density at radius 3 is 2.92 bits per heavy atom. The summed E-state index contributed by atoms with van der Waals surface area (Å²) in [7, 11) is 0. The molecule has 2 aliphatic rings. The van der Waals surface area contributed by atoms with E-state index in [1.54, 1.807) is 12.1 Å². The van der Waals surface area contributed by atoms with E-state index in [-0.39, 0.29) is 17.7 Å². The van der Waals surface area contributed by atoms with E-state index in [0.29, 0.717) is 17.9 Å². The van der Waals surface area contributed by atoms with Gasteiger partial charge in [0, 0.05) is 12.2 Å². The zero-order valence-electron chi connectivity index (χ0n) is 15.0. The van der Waals surface area contributed by atoms with Crippen LogP contribution in [0.15, 0.2) is 36.4 Å². The van der Waals surface area contributed by atoms with Crippen LogP contribution in [0.5, 0.6) is 5.75 Å². The summed E-state index contributed by atoms with van der Waals surface area (Å²) in [5.41, 5.74) is 4.45. The first-order valence-electron chi connectivity index (χ1n) is 9.11. The number of hydrogen-bond donors (Lipinski definition) is 1. The third-order valence-electron chi connectivity index (χ3n) is 5.11. The van der Waals surface area contributed by atoms with Gasteiger partial charge in [0.05, 0.1) is 23.8 Å². The molecule has 0 radical (unpaired) electrons. The molecule has 1 unspecified atom stereocenters. The van der Waals surface area contributed by atoms with Gasteiger partial charge in [0.25, 0.3) is 5.91 Å². The Kier molecular flexibility index (Phi) is 4.15. The summed E-state index contributed by atoms with van der Waals surface area (Å²) < 4.78 is 5.56. The Labute approximate surface area is 153 Å². The summed E-state index contributed by atoms with van der Waals surface area (Å²) in [5.74, 6) is 0.371. The van der Waals surface area contributed by atoms with Crippen LogP contribution in [0.3, 0.4) is 0 Å². The molecule has 4 rings (SSSR count). The van der Waals surface area contributed by atoms with Gasteiger partial charge in [0.15, 0.2) is 0 Å². The molecule has 0 saturated heterocycles. The highest BCUT2D eigenvalue weighted by Gasteiger charge is 2.38. The van der Waals surface area contributed by atoms with E-state index in [2.05, 4.69) is 5.32 Å². The molecule has 2 aromatic carbocycles. The highest BCUT2D eigenvalue weighted by molar-refractivity contribution is 6.09. The van der Waals surface area contributed by atoms with Gasteiger partial charge in [0.2, 0.25) is 5.91 Å². The SMILES string of the molecule is CCOc1ccccc1C(=O)Nc1cc2c3c(c1)C(C)C(=O)N3CCC2. The second kappa shape index (κ2) is 6.48.